The first-order chi connectivity index (χ1) is 21.0. The number of hydrogen-bond donors (Lipinski definition) is 2. The van der Waals surface area contributed by atoms with Gasteiger partial charge in [0.1, 0.15) is 5.69 Å². The Hall–Kier alpha value is -3.45. The van der Waals surface area contributed by atoms with Gasteiger partial charge in [-0.15, -0.1) is 0 Å². The summed E-state index contributed by atoms with van der Waals surface area (Å²) in [5.74, 6) is -1.07. The number of hydrogen-bond acceptors (Lipinski definition) is 10. The summed E-state index contributed by atoms with van der Waals surface area (Å²) in [6.07, 6.45) is 0. The average molecular weight is 594 g/mol. The van der Waals surface area contributed by atoms with Crippen molar-refractivity contribution < 1.29 is 28.8 Å². The van der Waals surface area contributed by atoms with Gasteiger partial charge in [0.25, 0.3) is 0 Å². The lowest BCUT2D eigenvalue weighted by atomic mass is 10.0. The minimum absolute atomic E-state index is 0.00477. The number of pyridine rings is 2. The number of anilines is 1. The van der Waals surface area contributed by atoms with Crippen molar-refractivity contribution in [2.45, 2.75) is 19.5 Å². The second-order valence-electron chi connectivity index (χ2n) is 10.4. The van der Waals surface area contributed by atoms with Gasteiger partial charge in [0, 0.05) is 44.1 Å². The van der Waals surface area contributed by atoms with E-state index in [0.717, 1.165) is 36.6 Å². The van der Waals surface area contributed by atoms with Crippen LogP contribution in [0.4, 0.5) is 5.69 Å². The fourth-order valence-electron chi connectivity index (χ4n) is 4.92. The number of aromatic carboxylic acids is 1. The van der Waals surface area contributed by atoms with Crippen LogP contribution >= 0.6 is 0 Å². The smallest absolute Gasteiger partial charge is 0.354 e. The Morgan fingerprint density at radius 3 is 1.95 bits per heavy atom. The molecule has 11 nitrogen and oxygen atoms in total. The van der Waals surface area contributed by atoms with Crippen LogP contribution in [0.25, 0.3) is 0 Å². The summed E-state index contributed by atoms with van der Waals surface area (Å²) in [5.41, 5.74) is 10.2. The van der Waals surface area contributed by atoms with Crippen LogP contribution in [0.5, 0.6) is 0 Å². The number of carboxylic acid groups (broad SMARTS) is 1. The maximum absolute atomic E-state index is 11.7. The number of benzene rings is 1. The zero-order valence-electron chi connectivity index (χ0n) is 24.9. The van der Waals surface area contributed by atoms with Crippen molar-refractivity contribution >= 4 is 11.7 Å². The molecule has 11 heteroatoms. The monoisotopic (exact) mass is 593 g/mol. The van der Waals surface area contributed by atoms with E-state index in [9.17, 15) is 9.90 Å². The van der Waals surface area contributed by atoms with E-state index >= 15 is 0 Å². The largest absolute Gasteiger partial charge is 0.477 e. The van der Waals surface area contributed by atoms with Gasteiger partial charge >= 0.3 is 5.97 Å². The SMILES string of the molecule is Cc1cccc(CN2CCOCCOCCN(C(c3ccc(N)cc3)c3cccc(C(=O)O)n3)CCOCCOCC2)n1. The summed E-state index contributed by atoms with van der Waals surface area (Å²) >= 11 is 0. The van der Waals surface area contributed by atoms with Crippen LogP contribution in [-0.2, 0) is 25.5 Å². The van der Waals surface area contributed by atoms with Crippen molar-refractivity contribution in [2.75, 3.05) is 84.8 Å². The quantitative estimate of drug-likeness (QED) is 0.409. The summed E-state index contributed by atoms with van der Waals surface area (Å²) in [6, 6.07) is 18.4. The number of carboxylic acids is 1. The van der Waals surface area contributed by atoms with Gasteiger partial charge in [0.2, 0.25) is 0 Å². The topological polar surface area (TPSA) is 132 Å². The van der Waals surface area contributed by atoms with Crippen LogP contribution in [0.1, 0.15) is 39.2 Å². The standard InChI is InChI=1S/C32H43N5O6/c1-25-4-2-5-28(34-25)24-36-12-16-40-20-22-42-18-14-37(15-19-43-23-21-41-17-13-36)31(26-8-10-27(33)11-9-26)29-6-3-7-30(35-29)32(38)39/h2-11,31H,12-24,33H2,1H3,(H,38,39). The molecule has 1 aromatic carbocycles. The first kappa shape index (κ1) is 32.5. The second-order valence-corrected chi connectivity index (χ2v) is 10.4. The molecule has 0 bridgehead atoms. The summed E-state index contributed by atoms with van der Waals surface area (Å²) in [5, 5.41) is 9.58. The van der Waals surface area contributed by atoms with Crippen LogP contribution in [0, 0.1) is 6.92 Å². The molecule has 0 spiro atoms. The summed E-state index contributed by atoms with van der Waals surface area (Å²) in [6.45, 7) is 9.38. The maximum Gasteiger partial charge on any atom is 0.354 e. The third-order valence-electron chi connectivity index (χ3n) is 7.11. The Morgan fingerprint density at radius 1 is 0.791 bits per heavy atom. The summed E-state index contributed by atoms with van der Waals surface area (Å²) in [7, 11) is 0. The molecule has 1 unspecified atom stereocenters. The molecule has 43 heavy (non-hydrogen) atoms. The van der Waals surface area contributed by atoms with Crippen LogP contribution in [-0.4, -0.2) is 110 Å². The van der Waals surface area contributed by atoms with E-state index in [2.05, 4.69) is 19.8 Å². The van der Waals surface area contributed by atoms with Gasteiger partial charge in [-0.25, -0.2) is 9.78 Å². The van der Waals surface area contributed by atoms with E-state index in [1.54, 1.807) is 6.07 Å². The number of rotatable bonds is 6. The third kappa shape index (κ3) is 11.0. The first-order valence-electron chi connectivity index (χ1n) is 14.7. The molecule has 1 aliphatic heterocycles. The van der Waals surface area contributed by atoms with Crippen LogP contribution in [0.15, 0.2) is 60.7 Å². The molecule has 0 radical (unpaired) electrons. The lowest BCUT2D eigenvalue weighted by Crippen LogP contribution is -2.36. The molecule has 3 heterocycles. The molecular weight excluding hydrogens is 550 g/mol. The molecule has 4 rings (SSSR count). The van der Waals surface area contributed by atoms with Crippen LogP contribution in [0.3, 0.4) is 0 Å². The Labute approximate surface area is 253 Å². The molecule has 3 aromatic rings. The van der Waals surface area contributed by atoms with Crippen LogP contribution in [0.2, 0.25) is 0 Å². The fourth-order valence-corrected chi connectivity index (χ4v) is 4.92. The van der Waals surface area contributed by atoms with Gasteiger partial charge in [0.15, 0.2) is 0 Å². The van der Waals surface area contributed by atoms with Gasteiger partial charge in [-0.1, -0.05) is 24.3 Å². The van der Waals surface area contributed by atoms with Gasteiger partial charge in [-0.05, 0) is 48.9 Å². The number of carbonyl (C=O) groups is 1. The minimum Gasteiger partial charge on any atom is -0.477 e. The zero-order valence-corrected chi connectivity index (χ0v) is 24.9. The minimum atomic E-state index is -1.07. The van der Waals surface area contributed by atoms with Gasteiger partial charge in [-0.2, -0.15) is 0 Å². The lowest BCUT2D eigenvalue weighted by Gasteiger charge is -2.32. The number of ether oxygens (including phenoxy) is 4. The molecule has 1 saturated heterocycles. The highest BCUT2D eigenvalue weighted by Crippen LogP contribution is 2.28. The van der Waals surface area contributed by atoms with Crippen LogP contribution < -0.4 is 5.73 Å². The normalized spacial score (nSPS) is 18.3. The van der Waals surface area contributed by atoms with Gasteiger partial charge in [0.05, 0.1) is 70.3 Å². The molecule has 1 fully saturated rings. The summed E-state index contributed by atoms with van der Waals surface area (Å²) in [4.78, 5) is 25.3. The molecule has 0 amide bonds. The zero-order chi connectivity index (χ0) is 30.3. The van der Waals surface area contributed by atoms with E-state index in [-0.39, 0.29) is 11.7 Å². The Balaban J connectivity index is 1.40. The maximum atomic E-state index is 11.7. The molecule has 1 aliphatic rings. The highest BCUT2D eigenvalue weighted by Gasteiger charge is 2.25. The van der Waals surface area contributed by atoms with Crippen molar-refractivity contribution in [3.63, 3.8) is 0 Å². The molecule has 232 valence electrons. The number of aromatic nitrogens is 2. The second kappa shape index (κ2) is 17.6. The Kier molecular flexibility index (Phi) is 13.3. The van der Waals surface area contributed by atoms with E-state index in [4.69, 9.17) is 24.7 Å². The van der Waals surface area contributed by atoms with E-state index in [1.165, 1.54) is 6.07 Å². The molecule has 3 N–H and O–H groups in total. The highest BCUT2D eigenvalue weighted by molar-refractivity contribution is 5.85. The van der Waals surface area contributed by atoms with Crippen molar-refractivity contribution in [3.8, 4) is 0 Å². The van der Waals surface area contributed by atoms with Crippen molar-refractivity contribution in [1.29, 1.82) is 0 Å². The lowest BCUT2D eigenvalue weighted by molar-refractivity contribution is 0.00331. The predicted octanol–water partition coefficient (Wildman–Crippen LogP) is 3.04. The number of aryl methyl sites for hydroxylation is 1. The molecule has 0 saturated carbocycles. The van der Waals surface area contributed by atoms with Gasteiger partial charge < -0.3 is 29.8 Å². The number of nitrogens with zero attached hydrogens (tertiary/aromatic N) is 4. The van der Waals surface area contributed by atoms with E-state index in [1.807, 2.05) is 55.5 Å². The number of nitrogens with two attached hydrogens (primary N) is 1. The number of nitrogen functional groups attached to an aromatic ring is 1. The first-order valence-corrected chi connectivity index (χ1v) is 14.7. The van der Waals surface area contributed by atoms with Crippen molar-refractivity contribution in [1.82, 2.24) is 19.8 Å². The molecule has 0 aliphatic carbocycles. The third-order valence-corrected chi connectivity index (χ3v) is 7.11. The van der Waals surface area contributed by atoms with E-state index in [0.29, 0.717) is 77.3 Å². The van der Waals surface area contributed by atoms with Gasteiger partial charge in [-0.3, -0.25) is 14.8 Å². The highest BCUT2D eigenvalue weighted by atomic mass is 16.5. The fraction of sp³-hybridized carbons (Fsp3) is 0.469. The molecule has 2 aromatic heterocycles. The van der Waals surface area contributed by atoms with Crippen molar-refractivity contribution in [2.24, 2.45) is 0 Å². The molecule has 1 atom stereocenters. The van der Waals surface area contributed by atoms with E-state index < -0.39 is 5.97 Å². The Bertz CT molecular complexity index is 1240. The average Bonchev–Trinajstić information content (AvgIpc) is 3.00. The summed E-state index contributed by atoms with van der Waals surface area (Å²) < 4.78 is 23.7. The molecular formula is C32H43N5O6. The van der Waals surface area contributed by atoms with Crippen molar-refractivity contribution in [3.05, 3.63) is 89.0 Å². The Morgan fingerprint density at radius 2 is 1.37 bits per heavy atom. The predicted molar refractivity (Wildman–Crippen MR) is 163 cm³/mol.